The number of carbonyl (C=O) groups is 1. The van der Waals surface area contributed by atoms with Crippen molar-refractivity contribution in [3.8, 4) is 0 Å². The Morgan fingerprint density at radius 1 is 1.18 bits per heavy atom. The maximum atomic E-state index is 12.3. The molecule has 0 aliphatic heterocycles. The molecule has 0 N–H and O–H groups in total. The van der Waals surface area contributed by atoms with E-state index in [4.69, 9.17) is 11.6 Å². The molecule has 1 fully saturated rings. The van der Waals surface area contributed by atoms with Gasteiger partial charge in [-0.25, -0.2) is 0 Å². The summed E-state index contributed by atoms with van der Waals surface area (Å²) in [4.78, 5) is 12.3. The quantitative estimate of drug-likeness (QED) is 0.537. The van der Waals surface area contributed by atoms with Crippen LogP contribution in [0.3, 0.4) is 0 Å². The molecular formula is C14H16BrClO. The molecule has 1 nitrogen and oxygen atoms in total. The first-order valence-electron chi connectivity index (χ1n) is 6.18. The predicted molar refractivity (Wildman–Crippen MR) is 74.7 cm³/mol. The summed E-state index contributed by atoms with van der Waals surface area (Å²) in [5.74, 6) is 0.469. The van der Waals surface area contributed by atoms with Gasteiger partial charge in [0.25, 0.3) is 0 Å². The molecule has 1 aromatic rings. The molecule has 0 spiro atoms. The van der Waals surface area contributed by atoms with E-state index < -0.39 is 0 Å². The minimum Gasteiger partial charge on any atom is -0.294 e. The van der Waals surface area contributed by atoms with Crippen molar-refractivity contribution < 1.29 is 4.79 Å². The van der Waals surface area contributed by atoms with Crippen molar-refractivity contribution in [3.05, 3.63) is 33.3 Å². The highest BCUT2D eigenvalue weighted by Crippen LogP contribution is 2.29. The van der Waals surface area contributed by atoms with Crippen molar-refractivity contribution >= 4 is 33.3 Å². The van der Waals surface area contributed by atoms with E-state index in [0.717, 1.165) is 22.9 Å². The monoisotopic (exact) mass is 314 g/mol. The van der Waals surface area contributed by atoms with Gasteiger partial charge in [0.15, 0.2) is 5.78 Å². The molecule has 92 valence electrons. The van der Waals surface area contributed by atoms with Crippen LogP contribution < -0.4 is 0 Å². The summed E-state index contributed by atoms with van der Waals surface area (Å²) in [7, 11) is 0. The zero-order valence-corrected chi connectivity index (χ0v) is 12.1. The number of rotatable bonds is 2. The summed E-state index contributed by atoms with van der Waals surface area (Å²) in [6.45, 7) is 0. The van der Waals surface area contributed by atoms with Crippen molar-refractivity contribution in [1.29, 1.82) is 0 Å². The van der Waals surface area contributed by atoms with E-state index in [1.54, 1.807) is 6.07 Å². The molecule has 2 rings (SSSR count). The Labute approximate surface area is 116 Å². The molecule has 0 unspecified atom stereocenters. The Bertz CT molecular complexity index is 409. The lowest BCUT2D eigenvalue weighted by Crippen LogP contribution is -2.14. The highest BCUT2D eigenvalue weighted by Gasteiger charge is 2.21. The fourth-order valence-corrected chi connectivity index (χ4v) is 2.85. The number of Topliss-reactive ketones (excluding diaryl/α,β-unsaturated/α-hetero) is 1. The van der Waals surface area contributed by atoms with Crippen molar-refractivity contribution in [1.82, 2.24) is 0 Å². The van der Waals surface area contributed by atoms with Gasteiger partial charge in [0, 0.05) is 16.0 Å². The summed E-state index contributed by atoms with van der Waals surface area (Å²) in [5, 5.41) is 0.615. The van der Waals surface area contributed by atoms with Crippen molar-refractivity contribution in [2.75, 3.05) is 0 Å². The molecule has 1 saturated carbocycles. The number of hydrogen-bond acceptors (Lipinski definition) is 1. The zero-order valence-electron chi connectivity index (χ0n) is 9.72. The van der Waals surface area contributed by atoms with E-state index in [1.165, 1.54) is 25.7 Å². The third-order valence-electron chi connectivity index (χ3n) is 3.43. The largest absolute Gasteiger partial charge is 0.294 e. The number of halogens is 2. The zero-order chi connectivity index (χ0) is 12.3. The molecule has 0 aromatic heterocycles. The van der Waals surface area contributed by atoms with Gasteiger partial charge in [-0.05, 0) is 40.9 Å². The van der Waals surface area contributed by atoms with Crippen LogP contribution >= 0.6 is 27.5 Å². The van der Waals surface area contributed by atoms with Crippen LogP contribution in [0.1, 0.15) is 48.9 Å². The molecule has 1 aliphatic rings. The van der Waals surface area contributed by atoms with E-state index in [0.29, 0.717) is 5.02 Å². The average Bonchev–Trinajstić information content (AvgIpc) is 2.60. The molecule has 0 bridgehead atoms. The minimum absolute atomic E-state index is 0.203. The molecule has 1 aliphatic carbocycles. The van der Waals surface area contributed by atoms with E-state index in [-0.39, 0.29) is 11.7 Å². The summed E-state index contributed by atoms with van der Waals surface area (Å²) in [6, 6.07) is 5.49. The van der Waals surface area contributed by atoms with Gasteiger partial charge in [-0.1, -0.05) is 43.4 Å². The van der Waals surface area contributed by atoms with E-state index in [9.17, 15) is 4.79 Å². The van der Waals surface area contributed by atoms with E-state index >= 15 is 0 Å². The molecule has 0 atom stereocenters. The van der Waals surface area contributed by atoms with Gasteiger partial charge in [-0.3, -0.25) is 4.79 Å². The normalized spacial score (nSPS) is 17.8. The first-order valence-corrected chi connectivity index (χ1v) is 7.35. The van der Waals surface area contributed by atoms with E-state index in [2.05, 4.69) is 15.9 Å². The Balaban J connectivity index is 2.14. The third kappa shape index (κ3) is 3.32. The second-order valence-electron chi connectivity index (χ2n) is 4.68. The number of carbonyl (C=O) groups excluding carboxylic acids is 1. The smallest absolute Gasteiger partial charge is 0.165 e. The molecule has 0 saturated heterocycles. The van der Waals surface area contributed by atoms with Gasteiger partial charge in [-0.2, -0.15) is 0 Å². The molecule has 0 heterocycles. The first-order chi connectivity index (χ1) is 8.18. The molecule has 1 aromatic carbocycles. The number of benzene rings is 1. The van der Waals surface area contributed by atoms with Gasteiger partial charge in [0.2, 0.25) is 0 Å². The maximum absolute atomic E-state index is 12.3. The Kier molecular flexibility index (Phi) is 4.63. The van der Waals surface area contributed by atoms with Crippen LogP contribution in [-0.2, 0) is 0 Å². The summed E-state index contributed by atoms with van der Waals surface area (Å²) >= 11 is 9.37. The third-order valence-corrected chi connectivity index (χ3v) is 4.66. The first kappa shape index (κ1) is 13.1. The fraction of sp³-hybridized carbons (Fsp3) is 0.500. The summed E-state index contributed by atoms with van der Waals surface area (Å²) in [5.41, 5.74) is 0.755. The molecule has 17 heavy (non-hydrogen) atoms. The van der Waals surface area contributed by atoms with Gasteiger partial charge in [0.05, 0.1) is 5.02 Å². The Hall–Kier alpha value is -0.340. The van der Waals surface area contributed by atoms with Gasteiger partial charge < -0.3 is 0 Å². The van der Waals surface area contributed by atoms with Crippen LogP contribution in [0.2, 0.25) is 5.02 Å². The van der Waals surface area contributed by atoms with Gasteiger partial charge in [-0.15, -0.1) is 0 Å². The van der Waals surface area contributed by atoms with Crippen LogP contribution in [0, 0.1) is 5.92 Å². The summed E-state index contributed by atoms with van der Waals surface area (Å²) < 4.78 is 0.844. The Morgan fingerprint density at radius 3 is 2.41 bits per heavy atom. The SMILES string of the molecule is O=C(c1ccc(Br)c(Cl)c1)C1CCCCCC1. The van der Waals surface area contributed by atoms with E-state index in [1.807, 2.05) is 12.1 Å². The van der Waals surface area contributed by atoms with Crippen LogP contribution in [0.15, 0.2) is 22.7 Å². The second-order valence-corrected chi connectivity index (χ2v) is 5.94. The highest BCUT2D eigenvalue weighted by molar-refractivity contribution is 9.10. The van der Waals surface area contributed by atoms with Gasteiger partial charge in [0.1, 0.15) is 0 Å². The standard InChI is InChI=1S/C14H16BrClO/c15-12-8-7-11(9-13(12)16)14(17)10-5-3-1-2-4-6-10/h7-10H,1-6H2. The number of ketones is 1. The molecule has 0 radical (unpaired) electrons. The second kappa shape index (κ2) is 6.01. The molecular weight excluding hydrogens is 300 g/mol. The fourth-order valence-electron chi connectivity index (χ4n) is 2.43. The van der Waals surface area contributed by atoms with Crippen LogP contribution in [0.25, 0.3) is 0 Å². The topological polar surface area (TPSA) is 17.1 Å². The lowest BCUT2D eigenvalue weighted by Gasteiger charge is -2.13. The van der Waals surface area contributed by atoms with Crippen LogP contribution in [-0.4, -0.2) is 5.78 Å². The van der Waals surface area contributed by atoms with Gasteiger partial charge >= 0.3 is 0 Å². The van der Waals surface area contributed by atoms with Crippen molar-refractivity contribution in [2.24, 2.45) is 5.92 Å². The van der Waals surface area contributed by atoms with Crippen LogP contribution in [0.4, 0.5) is 0 Å². The van der Waals surface area contributed by atoms with Crippen molar-refractivity contribution in [2.45, 2.75) is 38.5 Å². The average molecular weight is 316 g/mol. The Morgan fingerprint density at radius 2 is 1.82 bits per heavy atom. The molecule has 3 heteroatoms. The lowest BCUT2D eigenvalue weighted by atomic mass is 9.91. The predicted octanol–water partition coefficient (Wildman–Crippen LogP) is 5.26. The number of hydrogen-bond donors (Lipinski definition) is 0. The molecule has 0 amide bonds. The van der Waals surface area contributed by atoms with Crippen molar-refractivity contribution in [3.63, 3.8) is 0 Å². The highest BCUT2D eigenvalue weighted by atomic mass is 79.9. The minimum atomic E-state index is 0.203. The summed E-state index contributed by atoms with van der Waals surface area (Å²) in [6.07, 6.45) is 6.97. The lowest BCUT2D eigenvalue weighted by molar-refractivity contribution is 0.0908. The maximum Gasteiger partial charge on any atom is 0.165 e. The van der Waals surface area contributed by atoms with Crippen LogP contribution in [0.5, 0.6) is 0 Å².